The second-order valence-corrected chi connectivity index (χ2v) is 9.03. The van der Waals surface area contributed by atoms with E-state index in [-0.39, 0.29) is 42.0 Å². The average molecular weight is 486 g/mol. The Bertz CT molecular complexity index is 1270. The SMILES string of the molecule is CC(NC(=O)c1ccc2c(c1)C(=O)N(CC1CCCO1)C2=O)c1ccc(OCc2cccnc2)cc1. The van der Waals surface area contributed by atoms with Crippen molar-refractivity contribution in [2.24, 2.45) is 0 Å². The Balaban J connectivity index is 1.20. The summed E-state index contributed by atoms with van der Waals surface area (Å²) in [5.74, 6) is -0.317. The molecule has 0 saturated carbocycles. The van der Waals surface area contributed by atoms with Gasteiger partial charge in [0.1, 0.15) is 12.4 Å². The molecule has 36 heavy (non-hydrogen) atoms. The van der Waals surface area contributed by atoms with Gasteiger partial charge in [-0.1, -0.05) is 18.2 Å². The van der Waals surface area contributed by atoms with E-state index in [0.717, 1.165) is 29.7 Å². The number of amides is 3. The lowest BCUT2D eigenvalue weighted by Crippen LogP contribution is -2.36. The highest BCUT2D eigenvalue weighted by atomic mass is 16.5. The molecule has 2 atom stereocenters. The maximum Gasteiger partial charge on any atom is 0.261 e. The lowest BCUT2D eigenvalue weighted by atomic mass is 10.0. The van der Waals surface area contributed by atoms with Gasteiger partial charge < -0.3 is 14.8 Å². The Hall–Kier alpha value is -4.04. The Morgan fingerprint density at radius 2 is 1.94 bits per heavy atom. The van der Waals surface area contributed by atoms with Crippen molar-refractivity contribution in [3.63, 3.8) is 0 Å². The average Bonchev–Trinajstić information content (AvgIpc) is 3.51. The molecule has 3 heterocycles. The second-order valence-electron chi connectivity index (χ2n) is 9.03. The quantitative estimate of drug-likeness (QED) is 0.486. The summed E-state index contributed by atoms with van der Waals surface area (Å²) in [4.78, 5) is 43.9. The number of imide groups is 1. The Morgan fingerprint density at radius 3 is 2.67 bits per heavy atom. The standard InChI is InChI=1S/C28H27N3O5/c1-18(20-6-9-22(10-7-20)36-17-19-4-2-12-29-15-19)30-26(32)21-8-11-24-25(14-21)28(34)31(27(24)33)16-23-5-3-13-35-23/h2,4,6-12,14-15,18,23H,3,5,13,16-17H2,1H3,(H,30,32). The minimum absolute atomic E-state index is 0.122. The van der Waals surface area contributed by atoms with Gasteiger partial charge in [-0.15, -0.1) is 0 Å². The van der Waals surface area contributed by atoms with Gasteiger partial charge in [-0.3, -0.25) is 24.3 Å². The number of hydrogen-bond acceptors (Lipinski definition) is 6. The van der Waals surface area contributed by atoms with Crippen molar-refractivity contribution in [2.45, 2.75) is 38.5 Å². The summed E-state index contributed by atoms with van der Waals surface area (Å²) in [6, 6.07) is 15.7. The first-order valence-corrected chi connectivity index (χ1v) is 12.0. The van der Waals surface area contributed by atoms with Crippen LogP contribution in [0.2, 0.25) is 0 Å². The van der Waals surface area contributed by atoms with E-state index in [9.17, 15) is 14.4 Å². The number of nitrogens with one attached hydrogen (secondary N) is 1. The summed E-state index contributed by atoms with van der Waals surface area (Å²) >= 11 is 0. The molecule has 8 heteroatoms. The summed E-state index contributed by atoms with van der Waals surface area (Å²) in [7, 11) is 0. The van der Waals surface area contributed by atoms with Crippen molar-refractivity contribution in [2.75, 3.05) is 13.2 Å². The number of hydrogen-bond donors (Lipinski definition) is 1. The van der Waals surface area contributed by atoms with E-state index in [4.69, 9.17) is 9.47 Å². The number of ether oxygens (including phenoxy) is 2. The summed E-state index contributed by atoms with van der Waals surface area (Å²) < 4.78 is 11.4. The molecule has 2 aliphatic rings. The summed E-state index contributed by atoms with van der Waals surface area (Å²) in [6.07, 6.45) is 5.11. The lowest BCUT2D eigenvalue weighted by molar-refractivity contribution is 0.0475. The molecule has 2 aromatic carbocycles. The van der Waals surface area contributed by atoms with Crippen LogP contribution in [-0.4, -0.2) is 46.9 Å². The van der Waals surface area contributed by atoms with Crippen LogP contribution in [0.1, 0.15) is 68.0 Å². The highest BCUT2D eigenvalue weighted by Gasteiger charge is 2.38. The first-order chi connectivity index (χ1) is 17.5. The van der Waals surface area contributed by atoms with Crippen LogP contribution in [0.3, 0.4) is 0 Å². The fourth-order valence-electron chi connectivity index (χ4n) is 4.46. The first-order valence-electron chi connectivity index (χ1n) is 12.0. The molecule has 1 fully saturated rings. The summed E-state index contributed by atoms with van der Waals surface area (Å²) in [5, 5.41) is 2.96. The maximum absolute atomic E-state index is 12.9. The number of pyridine rings is 1. The molecule has 0 aliphatic carbocycles. The Morgan fingerprint density at radius 1 is 1.14 bits per heavy atom. The van der Waals surface area contributed by atoms with E-state index >= 15 is 0 Å². The van der Waals surface area contributed by atoms with Crippen LogP contribution in [0.25, 0.3) is 0 Å². The molecular weight excluding hydrogens is 458 g/mol. The molecular formula is C28H27N3O5. The van der Waals surface area contributed by atoms with Crippen molar-refractivity contribution in [1.29, 1.82) is 0 Å². The molecule has 3 aromatic rings. The zero-order valence-corrected chi connectivity index (χ0v) is 20.0. The van der Waals surface area contributed by atoms with Crippen molar-refractivity contribution in [3.05, 3.63) is 94.8 Å². The largest absolute Gasteiger partial charge is 0.489 e. The molecule has 8 nitrogen and oxygen atoms in total. The molecule has 1 saturated heterocycles. The molecule has 1 aromatic heterocycles. The molecule has 184 valence electrons. The van der Waals surface area contributed by atoms with Crippen LogP contribution in [0.4, 0.5) is 0 Å². The van der Waals surface area contributed by atoms with Gasteiger partial charge in [-0.2, -0.15) is 0 Å². The van der Waals surface area contributed by atoms with Gasteiger partial charge in [0.2, 0.25) is 0 Å². The zero-order chi connectivity index (χ0) is 25.1. The van der Waals surface area contributed by atoms with E-state index in [1.165, 1.54) is 11.0 Å². The Kier molecular flexibility index (Phi) is 6.77. The number of aromatic nitrogens is 1. The van der Waals surface area contributed by atoms with Gasteiger partial charge >= 0.3 is 0 Å². The molecule has 1 N–H and O–H groups in total. The van der Waals surface area contributed by atoms with Crippen molar-refractivity contribution in [1.82, 2.24) is 15.2 Å². The fourth-order valence-corrected chi connectivity index (χ4v) is 4.46. The highest BCUT2D eigenvalue weighted by Crippen LogP contribution is 2.26. The minimum atomic E-state index is -0.380. The minimum Gasteiger partial charge on any atom is -0.489 e. The molecule has 2 aliphatic heterocycles. The monoisotopic (exact) mass is 485 g/mol. The lowest BCUT2D eigenvalue weighted by Gasteiger charge is -2.17. The van der Waals surface area contributed by atoms with Crippen LogP contribution >= 0.6 is 0 Å². The van der Waals surface area contributed by atoms with Crippen LogP contribution in [0.15, 0.2) is 67.0 Å². The van der Waals surface area contributed by atoms with Crippen LogP contribution in [0.5, 0.6) is 5.75 Å². The second kappa shape index (κ2) is 10.3. The number of fused-ring (bicyclic) bond motifs is 1. The van der Waals surface area contributed by atoms with E-state index < -0.39 is 0 Å². The molecule has 2 unspecified atom stereocenters. The van der Waals surface area contributed by atoms with Gasteiger partial charge in [0, 0.05) is 30.1 Å². The topological polar surface area (TPSA) is 97.8 Å². The van der Waals surface area contributed by atoms with E-state index in [2.05, 4.69) is 10.3 Å². The van der Waals surface area contributed by atoms with Gasteiger partial charge in [-0.25, -0.2) is 0 Å². The van der Waals surface area contributed by atoms with Crippen molar-refractivity contribution < 1.29 is 23.9 Å². The van der Waals surface area contributed by atoms with E-state index in [0.29, 0.717) is 24.3 Å². The highest BCUT2D eigenvalue weighted by molar-refractivity contribution is 6.22. The zero-order valence-electron chi connectivity index (χ0n) is 20.0. The molecule has 0 bridgehead atoms. The van der Waals surface area contributed by atoms with Gasteiger partial charge in [0.15, 0.2) is 0 Å². The fraction of sp³-hybridized carbons (Fsp3) is 0.286. The number of carbonyl (C=O) groups is 3. The van der Waals surface area contributed by atoms with Gasteiger partial charge in [0.05, 0.1) is 29.8 Å². The first kappa shape index (κ1) is 23.7. The molecule has 5 rings (SSSR count). The molecule has 0 spiro atoms. The maximum atomic E-state index is 12.9. The molecule has 3 amide bonds. The summed E-state index contributed by atoms with van der Waals surface area (Å²) in [5.41, 5.74) is 2.80. The number of carbonyl (C=O) groups excluding carboxylic acids is 3. The van der Waals surface area contributed by atoms with E-state index in [1.807, 2.05) is 43.3 Å². The third kappa shape index (κ3) is 4.99. The molecule has 0 radical (unpaired) electrons. The number of nitrogens with zero attached hydrogens (tertiary/aromatic N) is 2. The summed E-state index contributed by atoms with van der Waals surface area (Å²) in [6.45, 7) is 3.20. The van der Waals surface area contributed by atoms with Crippen LogP contribution in [0, 0.1) is 0 Å². The predicted molar refractivity (Wildman–Crippen MR) is 132 cm³/mol. The van der Waals surface area contributed by atoms with Crippen molar-refractivity contribution in [3.8, 4) is 5.75 Å². The third-order valence-corrected chi connectivity index (χ3v) is 6.50. The smallest absolute Gasteiger partial charge is 0.261 e. The van der Waals surface area contributed by atoms with Gasteiger partial charge in [-0.05, 0) is 61.7 Å². The third-order valence-electron chi connectivity index (χ3n) is 6.50. The predicted octanol–water partition coefficient (Wildman–Crippen LogP) is 3.93. The Labute approximate surface area is 209 Å². The van der Waals surface area contributed by atoms with Crippen LogP contribution < -0.4 is 10.1 Å². The van der Waals surface area contributed by atoms with Crippen molar-refractivity contribution >= 4 is 17.7 Å². The van der Waals surface area contributed by atoms with Gasteiger partial charge in [0.25, 0.3) is 17.7 Å². The number of rotatable bonds is 8. The normalized spacial score (nSPS) is 17.7. The van der Waals surface area contributed by atoms with E-state index in [1.54, 1.807) is 24.5 Å². The van der Waals surface area contributed by atoms with Crippen LogP contribution in [-0.2, 0) is 11.3 Å². The number of benzene rings is 2.